The SMILES string of the molecule is CCn1nccc1CNc1cccc(-c2nccs2)c1. The van der Waals surface area contributed by atoms with Crippen LogP contribution in [-0.2, 0) is 13.1 Å². The van der Waals surface area contributed by atoms with Crippen LogP contribution in [0.25, 0.3) is 10.6 Å². The molecule has 3 rings (SSSR count). The highest BCUT2D eigenvalue weighted by Gasteiger charge is 2.03. The van der Waals surface area contributed by atoms with Gasteiger partial charge in [0, 0.05) is 35.6 Å². The summed E-state index contributed by atoms with van der Waals surface area (Å²) >= 11 is 1.65. The van der Waals surface area contributed by atoms with Crippen molar-refractivity contribution in [2.75, 3.05) is 5.32 Å². The van der Waals surface area contributed by atoms with Crippen molar-refractivity contribution < 1.29 is 0 Å². The van der Waals surface area contributed by atoms with Gasteiger partial charge in [0.25, 0.3) is 0 Å². The number of anilines is 1. The summed E-state index contributed by atoms with van der Waals surface area (Å²) in [6.45, 7) is 3.76. The molecular formula is C15H16N4S. The molecule has 0 saturated heterocycles. The minimum absolute atomic E-state index is 0.773. The Hall–Kier alpha value is -2.14. The minimum Gasteiger partial charge on any atom is -0.379 e. The molecule has 0 amide bonds. The van der Waals surface area contributed by atoms with Crippen LogP contribution in [0.4, 0.5) is 5.69 Å². The zero-order chi connectivity index (χ0) is 13.8. The minimum atomic E-state index is 0.773. The molecule has 1 N–H and O–H groups in total. The van der Waals surface area contributed by atoms with Crippen LogP contribution in [0.15, 0.2) is 48.1 Å². The number of hydrogen-bond donors (Lipinski definition) is 1. The van der Waals surface area contributed by atoms with Crippen molar-refractivity contribution in [3.8, 4) is 10.6 Å². The summed E-state index contributed by atoms with van der Waals surface area (Å²) < 4.78 is 2.00. The lowest BCUT2D eigenvalue weighted by atomic mass is 10.2. The highest BCUT2D eigenvalue weighted by atomic mass is 32.1. The van der Waals surface area contributed by atoms with Gasteiger partial charge in [-0.05, 0) is 25.1 Å². The first-order valence-corrected chi connectivity index (χ1v) is 7.49. The third-order valence-electron chi connectivity index (χ3n) is 3.12. The highest BCUT2D eigenvalue weighted by Crippen LogP contribution is 2.24. The van der Waals surface area contributed by atoms with Crippen molar-refractivity contribution in [3.05, 3.63) is 53.8 Å². The van der Waals surface area contributed by atoms with Crippen LogP contribution in [0.3, 0.4) is 0 Å². The third kappa shape index (κ3) is 2.72. The molecular weight excluding hydrogens is 268 g/mol. The summed E-state index contributed by atoms with van der Waals surface area (Å²) in [5.74, 6) is 0. The molecule has 20 heavy (non-hydrogen) atoms. The topological polar surface area (TPSA) is 42.7 Å². The van der Waals surface area contributed by atoms with Gasteiger partial charge in [0.05, 0.1) is 12.2 Å². The third-order valence-corrected chi connectivity index (χ3v) is 3.94. The summed E-state index contributed by atoms with van der Waals surface area (Å²) in [5, 5.41) is 10.8. The Bertz CT molecular complexity index is 673. The summed E-state index contributed by atoms with van der Waals surface area (Å²) in [5.41, 5.74) is 3.43. The van der Waals surface area contributed by atoms with Crippen LogP contribution < -0.4 is 5.32 Å². The molecule has 2 heterocycles. The summed E-state index contributed by atoms with van der Waals surface area (Å²) in [7, 11) is 0. The van der Waals surface area contributed by atoms with E-state index in [1.807, 2.05) is 28.5 Å². The van der Waals surface area contributed by atoms with Gasteiger partial charge in [0.1, 0.15) is 5.01 Å². The number of aromatic nitrogens is 3. The Morgan fingerprint density at radius 1 is 1.25 bits per heavy atom. The quantitative estimate of drug-likeness (QED) is 0.778. The van der Waals surface area contributed by atoms with Crippen LogP contribution in [-0.4, -0.2) is 14.8 Å². The summed E-state index contributed by atoms with van der Waals surface area (Å²) in [6, 6.07) is 10.4. The summed E-state index contributed by atoms with van der Waals surface area (Å²) in [6.07, 6.45) is 3.67. The molecule has 1 aromatic carbocycles. The fourth-order valence-electron chi connectivity index (χ4n) is 2.12. The number of aryl methyl sites for hydroxylation is 1. The van der Waals surface area contributed by atoms with Gasteiger partial charge in [-0.25, -0.2) is 4.98 Å². The Morgan fingerprint density at radius 2 is 2.20 bits per heavy atom. The number of thiazole rings is 1. The predicted molar refractivity (Wildman–Crippen MR) is 82.8 cm³/mol. The van der Waals surface area contributed by atoms with Crippen LogP contribution in [0.5, 0.6) is 0 Å². The van der Waals surface area contributed by atoms with Gasteiger partial charge in [-0.2, -0.15) is 5.10 Å². The molecule has 0 atom stereocenters. The molecule has 0 aliphatic rings. The predicted octanol–water partition coefficient (Wildman–Crippen LogP) is 3.64. The van der Waals surface area contributed by atoms with Crippen LogP contribution in [0.2, 0.25) is 0 Å². The first kappa shape index (κ1) is 12.9. The number of nitrogens with zero attached hydrogens (tertiary/aromatic N) is 3. The smallest absolute Gasteiger partial charge is 0.123 e. The second-order valence-electron chi connectivity index (χ2n) is 4.41. The number of rotatable bonds is 5. The Labute approximate surface area is 122 Å². The van der Waals surface area contributed by atoms with Gasteiger partial charge in [0.15, 0.2) is 0 Å². The first-order valence-electron chi connectivity index (χ1n) is 6.61. The molecule has 3 aromatic rings. The average Bonchev–Trinajstić information content (AvgIpc) is 3.16. The number of nitrogens with one attached hydrogen (secondary N) is 1. The zero-order valence-electron chi connectivity index (χ0n) is 11.3. The maximum atomic E-state index is 4.34. The van der Waals surface area contributed by atoms with E-state index in [9.17, 15) is 0 Å². The van der Waals surface area contributed by atoms with E-state index >= 15 is 0 Å². The van der Waals surface area contributed by atoms with E-state index in [1.54, 1.807) is 11.3 Å². The lowest BCUT2D eigenvalue weighted by Gasteiger charge is -2.09. The molecule has 0 aliphatic carbocycles. The van der Waals surface area contributed by atoms with Gasteiger partial charge in [-0.3, -0.25) is 4.68 Å². The molecule has 0 saturated carbocycles. The maximum Gasteiger partial charge on any atom is 0.123 e. The molecule has 2 aromatic heterocycles. The van der Waals surface area contributed by atoms with Crippen molar-refractivity contribution in [2.45, 2.75) is 20.0 Å². The van der Waals surface area contributed by atoms with E-state index in [0.717, 1.165) is 29.3 Å². The molecule has 0 unspecified atom stereocenters. The second-order valence-corrected chi connectivity index (χ2v) is 5.30. The summed E-state index contributed by atoms with van der Waals surface area (Å²) in [4.78, 5) is 4.34. The van der Waals surface area contributed by atoms with Gasteiger partial charge in [-0.15, -0.1) is 11.3 Å². The van der Waals surface area contributed by atoms with Crippen molar-refractivity contribution in [1.82, 2.24) is 14.8 Å². The van der Waals surface area contributed by atoms with Gasteiger partial charge in [-0.1, -0.05) is 12.1 Å². The van der Waals surface area contributed by atoms with Crippen molar-refractivity contribution in [3.63, 3.8) is 0 Å². The van der Waals surface area contributed by atoms with Crippen molar-refractivity contribution in [2.24, 2.45) is 0 Å². The monoisotopic (exact) mass is 284 g/mol. The second kappa shape index (κ2) is 5.88. The van der Waals surface area contributed by atoms with Crippen LogP contribution in [0, 0.1) is 0 Å². The molecule has 5 heteroatoms. The van der Waals surface area contributed by atoms with Crippen molar-refractivity contribution in [1.29, 1.82) is 0 Å². The molecule has 0 aliphatic heterocycles. The van der Waals surface area contributed by atoms with E-state index in [-0.39, 0.29) is 0 Å². The molecule has 4 nitrogen and oxygen atoms in total. The van der Waals surface area contributed by atoms with E-state index in [2.05, 4.69) is 46.6 Å². The van der Waals surface area contributed by atoms with E-state index < -0.39 is 0 Å². The average molecular weight is 284 g/mol. The number of hydrogen-bond acceptors (Lipinski definition) is 4. The maximum absolute atomic E-state index is 4.34. The van der Waals surface area contributed by atoms with Gasteiger partial charge in [0.2, 0.25) is 0 Å². The largest absolute Gasteiger partial charge is 0.379 e. The van der Waals surface area contributed by atoms with Crippen LogP contribution in [0.1, 0.15) is 12.6 Å². The lowest BCUT2D eigenvalue weighted by Crippen LogP contribution is -2.07. The van der Waals surface area contributed by atoms with Crippen molar-refractivity contribution >= 4 is 17.0 Å². The molecule has 0 fully saturated rings. The fourth-order valence-corrected chi connectivity index (χ4v) is 2.75. The van der Waals surface area contributed by atoms with Gasteiger partial charge >= 0.3 is 0 Å². The Balaban J connectivity index is 1.74. The molecule has 0 spiro atoms. The molecule has 0 radical (unpaired) electrons. The Morgan fingerprint density at radius 3 is 3.00 bits per heavy atom. The normalized spacial score (nSPS) is 10.7. The Kier molecular flexibility index (Phi) is 3.78. The zero-order valence-corrected chi connectivity index (χ0v) is 12.1. The highest BCUT2D eigenvalue weighted by molar-refractivity contribution is 7.13. The van der Waals surface area contributed by atoms with Crippen LogP contribution >= 0.6 is 11.3 Å². The standard InChI is InChI=1S/C15H16N4S/c1-2-19-14(6-7-18-19)11-17-13-5-3-4-12(10-13)15-16-8-9-20-15/h3-10,17H,2,11H2,1H3. The molecule has 0 bridgehead atoms. The lowest BCUT2D eigenvalue weighted by molar-refractivity contribution is 0.627. The van der Waals surface area contributed by atoms with Gasteiger partial charge < -0.3 is 5.32 Å². The van der Waals surface area contributed by atoms with E-state index in [1.165, 1.54) is 5.69 Å². The first-order chi connectivity index (χ1) is 9.86. The fraction of sp³-hybridized carbons (Fsp3) is 0.200. The van der Waals surface area contributed by atoms with E-state index in [4.69, 9.17) is 0 Å². The van der Waals surface area contributed by atoms with E-state index in [0.29, 0.717) is 0 Å². The number of benzene rings is 1. The molecule has 102 valence electrons.